The third-order valence-corrected chi connectivity index (χ3v) is 4.86. The van der Waals surface area contributed by atoms with E-state index in [0.717, 1.165) is 10.5 Å². The Morgan fingerprint density at radius 2 is 1.68 bits per heavy atom. The minimum absolute atomic E-state index is 0.0785. The number of thioether (sulfide) groups is 1. The molecule has 0 saturated heterocycles. The first kappa shape index (κ1) is 19.6. The van der Waals surface area contributed by atoms with Crippen LogP contribution < -0.4 is 5.32 Å². The van der Waals surface area contributed by atoms with Crippen molar-refractivity contribution < 1.29 is 14.0 Å². The number of hydrogen-bond acceptors (Lipinski definition) is 3. The molecule has 0 fully saturated rings. The number of Topliss-reactive ketones (excluding diaryl/α,β-unsaturated/α-hetero) is 1. The Labute approximate surface area is 167 Å². The molecule has 140 valence electrons. The molecule has 0 heterocycles. The summed E-state index contributed by atoms with van der Waals surface area (Å²) in [6, 6.07) is 22.4. The predicted octanol–water partition coefficient (Wildman–Crippen LogP) is 5.45. The zero-order chi connectivity index (χ0) is 19.8. The van der Waals surface area contributed by atoms with Crippen LogP contribution in [-0.4, -0.2) is 17.4 Å². The molecule has 3 aromatic rings. The third-order valence-electron chi connectivity index (χ3n) is 3.86. The van der Waals surface area contributed by atoms with Crippen molar-refractivity contribution in [1.29, 1.82) is 0 Å². The van der Waals surface area contributed by atoms with Crippen LogP contribution in [0.4, 0.5) is 10.1 Å². The largest absolute Gasteiger partial charge is 0.322 e. The normalized spacial score (nSPS) is 10.8. The van der Waals surface area contributed by atoms with Gasteiger partial charge in [-0.2, -0.15) is 0 Å². The highest BCUT2D eigenvalue weighted by molar-refractivity contribution is 8.00. The summed E-state index contributed by atoms with van der Waals surface area (Å²) < 4.78 is 12.9. The van der Waals surface area contributed by atoms with E-state index in [4.69, 9.17) is 0 Å². The van der Waals surface area contributed by atoms with E-state index in [2.05, 4.69) is 5.32 Å². The maximum atomic E-state index is 12.9. The number of rotatable bonds is 7. The Morgan fingerprint density at radius 3 is 2.43 bits per heavy atom. The van der Waals surface area contributed by atoms with Gasteiger partial charge in [0.2, 0.25) is 5.91 Å². The van der Waals surface area contributed by atoms with Crippen molar-refractivity contribution in [3.8, 4) is 0 Å². The average molecular weight is 391 g/mol. The van der Waals surface area contributed by atoms with E-state index >= 15 is 0 Å². The fourth-order valence-corrected chi connectivity index (χ4v) is 3.30. The predicted molar refractivity (Wildman–Crippen MR) is 112 cm³/mol. The van der Waals surface area contributed by atoms with Gasteiger partial charge in [-0.3, -0.25) is 9.59 Å². The number of hydrogen-bond donors (Lipinski definition) is 1. The summed E-state index contributed by atoms with van der Waals surface area (Å²) in [5, 5.41) is 2.81. The summed E-state index contributed by atoms with van der Waals surface area (Å²) in [6.45, 7) is 0. The molecule has 1 amide bonds. The molecular formula is C23H18FNO2S. The van der Waals surface area contributed by atoms with E-state index in [1.54, 1.807) is 12.1 Å². The Morgan fingerprint density at radius 1 is 0.929 bits per heavy atom. The van der Waals surface area contributed by atoms with E-state index in [0.29, 0.717) is 11.3 Å². The summed E-state index contributed by atoms with van der Waals surface area (Å²) in [6.07, 6.45) is 3.22. The minimum Gasteiger partial charge on any atom is -0.322 e. The number of ketones is 1. The number of halogens is 1. The first-order valence-electron chi connectivity index (χ1n) is 8.66. The second-order valence-corrected chi connectivity index (χ2v) is 7.03. The molecule has 0 aromatic heterocycles. The van der Waals surface area contributed by atoms with Crippen molar-refractivity contribution in [2.45, 2.75) is 4.90 Å². The van der Waals surface area contributed by atoms with Gasteiger partial charge in [0.15, 0.2) is 5.78 Å². The first-order chi connectivity index (χ1) is 13.6. The van der Waals surface area contributed by atoms with Gasteiger partial charge in [-0.25, -0.2) is 4.39 Å². The van der Waals surface area contributed by atoms with Crippen molar-refractivity contribution in [2.24, 2.45) is 0 Å². The summed E-state index contributed by atoms with van der Waals surface area (Å²) in [5.41, 5.74) is 2.08. The summed E-state index contributed by atoms with van der Waals surface area (Å²) in [5.74, 6) is -0.440. The van der Waals surface area contributed by atoms with Crippen molar-refractivity contribution >= 4 is 35.2 Å². The molecule has 0 aliphatic rings. The lowest BCUT2D eigenvalue weighted by atomic mass is 10.1. The highest BCUT2D eigenvalue weighted by Gasteiger charge is 2.07. The van der Waals surface area contributed by atoms with Crippen LogP contribution in [-0.2, 0) is 4.79 Å². The van der Waals surface area contributed by atoms with Crippen LogP contribution in [0.2, 0.25) is 0 Å². The molecule has 5 heteroatoms. The van der Waals surface area contributed by atoms with Crippen LogP contribution >= 0.6 is 11.8 Å². The molecule has 0 aliphatic carbocycles. The molecule has 3 aromatic carbocycles. The SMILES string of the molecule is O=C(/C=C/c1ccccc1)Nc1cccc(SCC(=O)c2ccc(F)cc2)c1. The van der Waals surface area contributed by atoms with Crippen LogP contribution in [0, 0.1) is 5.82 Å². The summed E-state index contributed by atoms with van der Waals surface area (Å²) >= 11 is 1.37. The summed E-state index contributed by atoms with van der Waals surface area (Å²) in [7, 11) is 0. The van der Waals surface area contributed by atoms with Gasteiger partial charge >= 0.3 is 0 Å². The van der Waals surface area contributed by atoms with Gasteiger partial charge in [-0.1, -0.05) is 36.4 Å². The molecule has 0 saturated carbocycles. The molecule has 3 rings (SSSR count). The molecule has 0 radical (unpaired) electrons. The molecular weight excluding hydrogens is 373 g/mol. The Bertz CT molecular complexity index is 985. The van der Waals surface area contributed by atoms with E-state index < -0.39 is 0 Å². The minimum atomic E-state index is -0.367. The maximum absolute atomic E-state index is 12.9. The lowest BCUT2D eigenvalue weighted by molar-refractivity contribution is -0.111. The number of anilines is 1. The van der Waals surface area contributed by atoms with E-state index in [-0.39, 0.29) is 23.3 Å². The number of benzene rings is 3. The lowest BCUT2D eigenvalue weighted by Gasteiger charge is -2.06. The monoisotopic (exact) mass is 391 g/mol. The van der Waals surface area contributed by atoms with Crippen molar-refractivity contribution in [2.75, 3.05) is 11.1 Å². The van der Waals surface area contributed by atoms with Crippen molar-refractivity contribution in [3.05, 3.63) is 102 Å². The average Bonchev–Trinajstić information content (AvgIpc) is 2.72. The number of carbonyl (C=O) groups is 2. The van der Waals surface area contributed by atoms with Gasteiger partial charge in [0.25, 0.3) is 0 Å². The lowest BCUT2D eigenvalue weighted by Crippen LogP contribution is -2.07. The molecule has 3 nitrogen and oxygen atoms in total. The first-order valence-corrected chi connectivity index (χ1v) is 9.64. The second kappa shape index (κ2) is 9.67. The number of amides is 1. The Kier molecular flexibility index (Phi) is 6.76. The third kappa shape index (κ3) is 5.93. The van der Waals surface area contributed by atoms with Crippen molar-refractivity contribution in [3.63, 3.8) is 0 Å². The topological polar surface area (TPSA) is 46.2 Å². The summed E-state index contributed by atoms with van der Waals surface area (Å²) in [4.78, 5) is 25.1. The highest BCUT2D eigenvalue weighted by atomic mass is 32.2. The molecule has 0 unspecified atom stereocenters. The smallest absolute Gasteiger partial charge is 0.248 e. The van der Waals surface area contributed by atoms with Crippen LogP contribution in [0.15, 0.2) is 89.8 Å². The van der Waals surface area contributed by atoms with Gasteiger partial charge in [-0.15, -0.1) is 11.8 Å². The zero-order valence-electron chi connectivity index (χ0n) is 15.0. The van der Waals surface area contributed by atoms with E-state index in [9.17, 15) is 14.0 Å². The number of carbonyl (C=O) groups excluding carboxylic acids is 2. The van der Waals surface area contributed by atoms with E-state index in [1.165, 1.54) is 42.1 Å². The quantitative estimate of drug-likeness (QED) is 0.331. The van der Waals surface area contributed by atoms with Crippen LogP contribution in [0.25, 0.3) is 6.08 Å². The van der Waals surface area contributed by atoms with Crippen LogP contribution in [0.1, 0.15) is 15.9 Å². The second-order valence-electron chi connectivity index (χ2n) is 5.98. The molecule has 0 bridgehead atoms. The van der Waals surface area contributed by atoms with E-state index in [1.807, 2.05) is 48.5 Å². The van der Waals surface area contributed by atoms with Gasteiger partial charge < -0.3 is 5.32 Å². The zero-order valence-corrected chi connectivity index (χ0v) is 15.8. The Balaban J connectivity index is 1.56. The fourth-order valence-electron chi connectivity index (χ4n) is 2.45. The number of nitrogens with one attached hydrogen (secondary N) is 1. The van der Waals surface area contributed by atoms with Gasteiger partial charge in [0, 0.05) is 22.2 Å². The van der Waals surface area contributed by atoms with Gasteiger partial charge in [-0.05, 0) is 54.1 Å². The van der Waals surface area contributed by atoms with Crippen molar-refractivity contribution in [1.82, 2.24) is 0 Å². The van der Waals surface area contributed by atoms with Crippen LogP contribution in [0.3, 0.4) is 0 Å². The standard InChI is InChI=1S/C23H18FNO2S/c24-19-12-10-18(11-13-19)22(26)16-28-21-8-4-7-20(15-21)25-23(27)14-9-17-5-2-1-3-6-17/h1-15H,16H2,(H,25,27)/b14-9+. The maximum Gasteiger partial charge on any atom is 0.248 e. The molecule has 1 N–H and O–H groups in total. The highest BCUT2D eigenvalue weighted by Crippen LogP contribution is 2.23. The van der Waals surface area contributed by atoms with Gasteiger partial charge in [0.1, 0.15) is 5.82 Å². The fraction of sp³-hybridized carbons (Fsp3) is 0.0435. The molecule has 28 heavy (non-hydrogen) atoms. The molecule has 0 spiro atoms. The Hall–Kier alpha value is -3.18. The van der Waals surface area contributed by atoms with Crippen LogP contribution in [0.5, 0.6) is 0 Å². The molecule has 0 atom stereocenters. The molecule has 0 aliphatic heterocycles. The van der Waals surface area contributed by atoms with Gasteiger partial charge in [0.05, 0.1) is 5.75 Å².